The third-order valence-corrected chi connectivity index (χ3v) is 5.25. The average molecular weight is 549 g/mol. The number of benzene rings is 2. The molecular weight excluding hydrogens is 517 g/mol. The molecule has 1 aliphatic heterocycles. The predicted octanol–water partition coefficient (Wildman–Crippen LogP) is 3.31. The zero-order valence-electron chi connectivity index (χ0n) is 18.6. The van der Waals surface area contributed by atoms with E-state index in [1.807, 2.05) is 54.6 Å². The van der Waals surface area contributed by atoms with Crippen molar-refractivity contribution in [2.45, 2.75) is 38.8 Å². The van der Waals surface area contributed by atoms with Gasteiger partial charge in [-0.1, -0.05) is 43.7 Å². The summed E-state index contributed by atoms with van der Waals surface area (Å²) in [5.74, 6) is 0.709. The van der Waals surface area contributed by atoms with E-state index >= 15 is 0 Å². The summed E-state index contributed by atoms with van der Waals surface area (Å²) >= 11 is 0. The number of unbranched alkanes of at least 4 members (excludes halogenated alkanes) is 1. The molecule has 7 nitrogen and oxygen atoms in total. The summed E-state index contributed by atoms with van der Waals surface area (Å²) in [6.45, 7) is 3.97. The summed E-state index contributed by atoms with van der Waals surface area (Å²) < 4.78 is 0. The van der Waals surface area contributed by atoms with E-state index in [9.17, 15) is 9.59 Å². The highest BCUT2D eigenvalue weighted by atomic mass is 127. The van der Waals surface area contributed by atoms with Crippen LogP contribution in [0, 0.1) is 0 Å². The van der Waals surface area contributed by atoms with Gasteiger partial charge in [-0.2, -0.15) is 0 Å². The molecule has 1 saturated heterocycles. The number of nitrogens with one attached hydrogen (secondary N) is 3. The monoisotopic (exact) mass is 549 g/mol. The maximum atomic E-state index is 12.4. The first-order valence-corrected chi connectivity index (χ1v) is 10.8. The van der Waals surface area contributed by atoms with Crippen molar-refractivity contribution in [3.8, 4) is 0 Å². The van der Waals surface area contributed by atoms with E-state index in [0.717, 1.165) is 24.1 Å². The van der Waals surface area contributed by atoms with Gasteiger partial charge in [0, 0.05) is 44.4 Å². The molecule has 0 aromatic heterocycles. The van der Waals surface area contributed by atoms with Crippen LogP contribution in [0.5, 0.6) is 0 Å². The third kappa shape index (κ3) is 7.22. The van der Waals surface area contributed by atoms with Crippen molar-refractivity contribution in [2.24, 2.45) is 4.99 Å². The van der Waals surface area contributed by atoms with Crippen LogP contribution in [-0.2, 0) is 11.3 Å². The lowest BCUT2D eigenvalue weighted by molar-refractivity contribution is -0.117. The second-order valence-electron chi connectivity index (χ2n) is 7.62. The van der Waals surface area contributed by atoms with Crippen LogP contribution in [-0.4, -0.2) is 44.0 Å². The Balaban J connectivity index is 0.00000363. The van der Waals surface area contributed by atoms with Crippen LogP contribution in [0.2, 0.25) is 0 Å². The number of amides is 2. The van der Waals surface area contributed by atoms with Crippen LogP contribution in [0.25, 0.3) is 0 Å². The summed E-state index contributed by atoms with van der Waals surface area (Å²) in [5, 5.41) is 9.54. The van der Waals surface area contributed by atoms with Gasteiger partial charge < -0.3 is 20.9 Å². The quantitative estimate of drug-likeness (QED) is 0.204. The van der Waals surface area contributed by atoms with E-state index in [-0.39, 0.29) is 41.8 Å². The lowest BCUT2D eigenvalue weighted by atomic mass is 10.1. The number of anilines is 1. The lowest BCUT2D eigenvalue weighted by Crippen LogP contribution is -2.44. The van der Waals surface area contributed by atoms with E-state index in [2.05, 4.69) is 27.9 Å². The summed E-state index contributed by atoms with van der Waals surface area (Å²) in [6, 6.07) is 17.2. The van der Waals surface area contributed by atoms with Gasteiger partial charge in [-0.3, -0.25) is 14.6 Å². The Labute approximate surface area is 207 Å². The molecule has 0 aliphatic carbocycles. The van der Waals surface area contributed by atoms with E-state index in [1.165, 1.54) is 0 Å². The second kappa shape index (κ2) is 13.0. The van der Waals surface area contributed by atoms with E-state index < -0.39 is 0 Å². The standard InChI is InChI=1S/C24H31N5O2.HI/c1-3-4-14-26-23(31)19-12-10-18(11-13-19)16-27-24(25-2)28-20-15-22(30)29(17-20)21-8-6-5-7-9-21;/h5-13,20H,3-4,14-17H2,1-2H3,(H,26,31)(H2,25,27,28);1H. The molecule has 32 heavy (non-hydrogen) atoms. The molecule has 1 atom stereocenters. The Morgan fingerprint density at radius 3 is 2.47 bits per heavy atom. The van der Waals surface area contributed by atoms with Crippen molar-refractivity contribution >= 4 is 47.4 Å². The molecular formula is C24H32IN5O2. The molecule has 1 aliphatic rings. The number of hydrogen-bond acceptors (Lipinski definition) is 3. The first-order valence-electron chi connectivity index (χ1n) is 10.8. The number of hydrogen-bond donors (Lipinski definition) is 3. The third-order valence-electron chi connectivity index (χ3n) is 5.25. The molecule has 0 radical (unpaired) electrons. The summed E-state index contributed by atoms with van der Waals surface area (Å²) in [4.78, 5) is 30.6. The fourth-order valence-electron chi connectivity index (χ4n) is 3.49. The normalized spacial score (nSPS) is 15.8. The van der Waals surface area contributed by atoms with Crippen molar-refractivity contribution in [3.63, 3.8) is 0 Å². The highest BCUT2D eigenvalue weighted by Crippen LogP contribution is 2.20. The zero-order valence-corrected chi connectivity index (χ0v) is 21.0. The van der Waals surface area contributed by atoms with E-state index in [0.29, 0.717) is 37.6 Å². The number of halogens is 1. The highest BCUT2D eigenvalue weighted by molar-refractivity contribution is 14.0. The molecule has 0 bridgehead atoms. The maximum absolute atomic E-state index is 12.4. The fraction of sp³-hybridized carbons (Fsp3) is 0.375. The zero-order chi connectivity index (χ0) is 22.1. The number of guanidine groups is 1. The molecule has 1 unspecified atom stereocenters. The fourth-order valence-corrected chi connectivity index (χ4v) is 3.49. The van der Waals surface area contributed by atoms with E-state index in [4.69, 9.17) is 0 Å². The van der Waals surface area contributed by atoms with Crippen molar-refractivity contribution < 1.29 is 9.59 Å². The van der Waals surface area contributed by atoms with Gasteiger partial charge in [0.15, 0.2) is 5.96 Å². The van der Waals surface area contributed by atoms with E-state index in [1.54, 1.807) is 11.9 Å². The number of carbonyl (C=O) groups is 2. The molecule has 2 aromatic rings. The number of aliphatic imine (C=N–C) groups is 1. The van der Waals surface area contributed by atoms with Gasteiger partial charge in [-0.05, 0) is 36.2 Å². The molecule has 3 rings (SSSR count). The van der Waals surface area contributed by atoms with Crippen molar-refractivity contribution in [1.82, 2.24) is 16.0 Å². The molecule has 2 aromatic carbocycles. The summed E-state index contributed by atoms with van der Waals surface area (Å²) in [6.07, 6.45) is 2.46. The second-order valence-corrected chi connectivity index (χ2v) is 7.62. The number of rotatable bonds is 8. The maximum Gasteiger partial charge on any atom is 0.251 e. The Bertz CT molecular complexity index is 902. The van der Waals surface area contributed by atoms with Crippen LogP contribution >= 0.6 is 24.0 Å². The number of carbonyl (C=O) groups excluding carboxylic acids is 2. The minimum Gasteiger partial charge on any atom is -0.352 e. The minimum atomic E-state index is -0.0423. The summed E-state index contributed by atoms with van der Waals surface area (Å²) in [7, 11) is 1.71. The SMILES string of the molecule is CCCCNC(=O)c1ccc(CNC(=NC)NC2CC(=O)N(c3ccccc3)C2)cc1.I. The van der Waals surface area contributed by atoms with Crippen LogP contribution in [0.4, 0.5) is 5.69 Å². The molecule has 1 fully saturated rings. The number of nitrogens with zero attached hydrogens (tertiary/aromatic N) is 2. The number of para-hydroxylation sites is 1. The summed E-state index contributed by atoms with van der Waals surface area (Å²) in [5.41, 5.74) is 2.62. The topological polar surface area (TPSA) is 85.8 Å². The Hall–Kier alpha value is -2.62. The largest absolute Gasteiger partial charge is 0.352 e. The molecule has 2 amide bonds. The molecule has 172 valence electrons. The Kier molecular flexibility index (Phi) is 10.5. The predicted molar refractivity (Wildman–Crippen MR) is 140 cm³/mol. The van der Waals surface area contributed by atoms with Crippen LogP contribution in [0.3, 0.4) is 0 Å². The van der Waals surface area contributed by atoms with Gasteiger partial charge in [0.05, 0.1) is 6.04 Å². The Morgan fingerprint density at radius 1 is 1.09 bits per heavy atom. The van der Waals surface area contributed by atoms with Gasteiger partial charge in [-0.15, -0.1) is 24.0 Å². The van der Waals surface area contributed by atoms with Gasteiger partial charge >= 0.3 is 0 Å². The molecule has 3 N–H and O–H groups in total. The average Bonchev–Trinajstić information content (AvgIpc) is 3.17. The lowest BCUT2D eigenvalue weighted by Gasteiger charge is -2.19. The van der Waals surface area contributed by atoms with Gasteiger partial charge in [-0.25, -0.2) is 0 Å². The Morgan fingerprint density at radius 2 is 1.81 bits per heavy atom. The van der Waals surface area contributed by atoms with Crippen LogP contribution in [0.1, 0.15) is 42.1 Å². The highest BCUT2D eigenvalue weighted by Gasteiger charge is 2.31. The smallest absolute Gasteiger partial charge is 0.251 e. The molecule has 0 spiro atoms. The molecule has 0 saturated carbocycles. The van der Waals surface area contributed by atoms with Crippen molar-refractivity contribution in [3.05, 3.63) is 65.7 Å². The van der Waals surface area contributed by atoms with Gasteiger partial charge in [0.2, 0.25) is 5.91 Å². The van der Waals surface area contributed by atoms with Gasteiger partial charge in [0.1, 0.15) is 0 Å². The minimum absolute atomic E-state index is 0. The van der Waals surface area contributed by atoms with Crippen LogP contribution < -0.4 is 20.9 Å². The first kappa shape index (κ1) is 25.6. The van der Waals surface area contributed by atoms with Gasteiger partial charge in [0.25, 0.3) is 5.91 Å². The molecule has 8 heteroatoms. The van der Waals surface area contributed by atoms with Crippen molar-refractivity contribution in [1.29, 1.82) is 0 Å². The van der Waals surface area contributed by atoms with Crippen molar-refractivity contribution in [2.75, 3.05) is 25.0 Å². The first-order chi connectivity index (χ1) is 15.1. The van der Waals surface area contributed by atoms with Crippen LogP contribution in [0.15, 0.2) is 59.6 Å². The molecule has 1 heterocycles.